The first kappa shape index (κ1) is 21.8. The fraction of sp³-hybridized carbons (Fsp3) is 0.625. The molecule has 2 heterocycles. The molecule has 1 saturated carbocycles. The lowest BCUT2D eigenvalue weighted by atomic mass is 9.75. The number of likely N-dealkylation sites (tertiary alicyclic amines) is 1. The van der Waals surface area contributed by atoms with Gasteiger partial charge in [0.25, 0.3) is 0 Å². The van der Waals surface area contributed by atoms with Crippen LogP contribution in [0.1, 0.15) is 57.9 Å². The topological polar surface area (TPSA) is 76.2 Å². The van der Waals surface area contributed by atoms with Crippen molar-refractivity contribution in [3.8, 4) is 5.75 Å². The van der Waals surface area contributed by atoms with E-state index in [4.69, 9.17) is 9.47 Å². The van der Waals surface area contributed by atoms with E-state index in [1.807, 2.05) is 26.0 Å². The summed E-state index contributed by atoms with van der Waals surface area (Å²) in [5.74, 6) is 0.0911. The zero-order chi connectivity index (χ0) is 22.2. The van der Waals surface area contributed by atoms with Gasteiger partial charge in [0, 0.05) is 32.0 Å². The van der Waals surface area contributed by atoms with E-state index in [0.29, 0.717) is 24.4 Å². The molecule has 3 fully saturated rings. The van der Waals surface area contributed by atoms with Crippen molar-refractivity contribution in [3.05, 3.63) is 29.8 Å². The van der Waals surface area contributed by atoms with E-state index < -0.39 is 5.41 Å². The maximum Gasteiger partial charge on any atom is 0.241 e. The van der Waals surface area contributed by atoms with E-state index in [9.17, 15) is 14.4 Å². The number of ether oxygens (including phenoxy) is 2. The SMILES string of the molecule is COc1cccc(C2(CC(=O)N3C[C@@H](C)O[C@@H](C)C3)CC(=O)N(C3CCCC3)C2=O)c1. The van der Waals surface area contributed by atoms with Crippen LogP contribution in [0.3, 0.4) is 0 Å². The molecule has 2 aliphatic heterocycles. The number of nitrogens with zero attached hydrogens (tertiary/aromatic N) is 2. The summed E-state index contributed by atoms with van der Waals surface area (Å²) in [5, 5.41) is 0. The third-order valence-corrected chi connectivity index (χ3v) is 6.89. The van der Waals surface area contributed by atoms with E-state index in [1.54, 1.807) is 24.1 Å². The van der Waals surface area contributed by atoms with Gasteiger partial charge in [-0.15, -0.1) is 0 Å². The zero-order valence-electron chi connectivity index (χ0n) is 18.6. The maximum absolute atomic E-state index is 13.8. The van der Waals surface area contributed by atoms with E-state index >= 15 is 0 Å². The van der Waals surface area contributed by atoms with Crippen LogP contribution >= 0.6 is 0 Å². The Bertz CT molecular complexity index is 855. The van der Waals surface area contributed by atoms with Crippen LogP contribution < -0.4 is 4.74 Å². The van der Waals surface area contributed by atoms with Crippen molar-refractivity contribution in [2.75, 3.05) is 20.2 Å². The van der Waals surface area contributed by atoms with Crippen molar-refractivity contribution in [3.63, 3.8) is 0 Å². The lowest BCUT2D eigenvalue weighted by Gasteiger charge is -2.37. The van der Waals surface area contributed by atoms with Crippen LogP contribution in [0.5, 0.6) is 5.75 Å². The van der Waals surface area contributed by atoms with Gasteiger partial charge in [-0.05, 0) is 44.4 Å². The summed E-state index contributed by atoms with van der Waals surface area (Å²) in [6, 6.07) is 7.20. The minimum atomic E-state index is -1.18. The number of hydrogen-bond donors (Lipinski definition) is 0. The number of carbonyl (C=O) groups is 3. The Kier molecular flexibility index (Phi) is 6.06. The van der Waals surface area contributed by atoms with Crippen LogP contribution in [-0.2, 0) is 24.5 Å². The number of amides is 3. The number of methoxy groups -OCH3 is 1. The van der Waals surface area contributed by atoms with E-state index in [0.717, 1.165) is 25.7 Å². The molecular formula is C24H32N2O5. The molecule has 3 atom stereocenters. The second-order valence-electron chi connectivity index (χ2n) is 9.23. The fourth-order valence-electron chi connectivity index (χ4n) is 5.43. The summed E-state index contributed by atoms with van der Waals surface area (Å²) in [4.78, 5) is 43.6. The quantitative estimate of drug-likeness (QED) is 0.674. The van der Waals surface area contributed by atoms with Crippen molar-refractivity contribution in [1.82, 2.24) is 9.80 Å². The zero-order valence-corrected chi connectivity index (χ0v) is 18.6. The molecule has 3 amide bonds. The fourth-order valence-corrected chi connectivity index (χ4v) is 5.43. The number of imide groups is 1. The smallest absolute Gasteiger partial charge is 0.241 e. The number of hydrogen-bond acceptors (Lipinski definition) is 5. The van der Waals surface area contributed by atoms with Crippen molar-refractivity contribution >= 4 is 17.7 Å². The lowest BCUT2D eigenvalue weighted by Crippen LogP contribution is -2.51. The molecule has 1 aromatic carbocycles. The first-order valence-electron chi connectivity index (χ1n) is 11.3. The molecular weight excluding hydrogens is 396 g/mol. The summed E-state index contributed by atoms with van der Waals surface area (Å²) in [7, 11) is 1.57. The van der Waals surface area contributed by atoms with Crippen molar-refractivity contribution in [2.24, 2.45) is 0 Å². The first-order chi connectivity index (χ1) is 14.8. The van der Waals surface area contributed by atoms with Gasteiger partial charge in [0.05, 0.1) is 24.7 Å². The van der Waals surface area contributed by atoms with Gasteiger partial charge < -0.3 is 14.4 Å². The van der Waals surface area contributed by atoms with Crippen LogP contribution in [0.4, 0.5) is 0 Å². The molecule has 1 aliphatic carbocycles. The van der Waals surface area contributed by atoms with Crippen molar-refractivity contribution in [2.45, 2.75) is 76.0 Å². The number of benzene rings is 1. The largest absolute Gasteiger partial charge is 0.497 e. The molecule has 7 nitrogen and oxygen atoms in total. The van der Waals surface area contributed by atoms with Crippen LogP contribution in [0.2, 0.25) is 0 Å². The Labute approximate surface area is 183 Å². The number of rotatable bonds is 5. The second-order valence-corrected chi connectivity index (χ2v) is 9.23. The van der Waals surface area contributed by atoms with Gasteiger partial charge in [0.15, 0.2) is 0 Å². The molecule has 0 aromatic heterocycles. The van der Waals surface area contributed by atoms with Gasteiger partial charge in [-0.3, -0.25) is 19.3 Å². The molecule has 0 radical (unpaired) electrons. The minimum Gasteiger partial charge on any atom is -0.497 e. The van der Waals surface area contributed by atoms with Gasteiger partial charge in [-0.1, -0.05) is 25.0 Å². The van der Waals surface area contributed by atoms with E-state index in [2.05, 4.69) is 0 Å². The Morgan fingerprint density at radius 1 is 1.16 bits per heavy atom. The van der Waals surface area contributed by atoms with Crippen LogP contribution in [-0.4, -0.2) is 66.0 Å². The van der Waals surface area contributed by atoms with Gasteiger partial charge in [-0.25, -0.2) is 0 Å². The Balaban J connectivity index is 1.69. The molecule has 0 spiro atoms. The van der Waals surface area contributed by atoms with Crippen LogP contribution in [0.15, 0.2) is 24.3 Å². The molecule has 2 saturated heterocycles. The molecule has 7 heteroatoms. The summed E-state index contributed by atoms with van der Waals surface area (Å²) in [6.45, 7) is 4.87. The Morgan fingerprint density at radius 3 is 2.48 bits per heavy atom. The Morgan fingerprint density at radius 2 is 1.84 bits per heavy atom. The van der Waals surface area contributed by atoms with E-state index in [-0.39, 0.29) is 48.8 Å². The summed E-state index contributed by atoms with van der Waals surface area (Å²) in [5.41, 5.74) is -0.510. The number of carbonyl (C=O) groups excluding carboxylic acids is 3. The maximum atomic E-state index is 13.8. The Hall–Kier alpha value is -2.41. The van der Waals surface area contributed by atoms with Crippen molar-refractivity contribution < 1.29 is 23.9 Å². The molecule has 168 valence electrons. The molecule has 4 rings (SSSR count). The summed E-state index contributed by atoms with van der Waals surface area (Å²) < 4.78 is 11.1. The highest BCUT2D eigenvalue weighted by Crippen LogP contribution is 2.44. The predicted octanol–water partition coefficient (Wildman–Crippen LogP) is 2.66. The molecule has 31 heavy (non-hydrogen) atoms. The van der Waals surface area contributed by atoms with Gasteiger partial charge in [0.1, 0.15) is 5.75 Å². The molecule has 0 N–H and O–H groups in total. The average molecular weight is 429 g/mol. The van der Waals surface area contributed by atoms with Gasteiger partial charge in [-0.2, -0.15) is 0 Å². The van der Waals surface area contributed by atoms with Gasteiger partial charge in [0.2, 0.25) is 17.7 Å². The molecule has 3 aliphatic rings. The third kappa shape index (κ3) is 4.07. The molecule has 1 unspecified atom stereocenters. The molecule has 1 aromatic rings. The second kappa shape index (κ2) is 8.61. The normalized spacial score (nSPS) is 29.6. The highest BCUT2D eigenvalue weighted by Gasteiger charge is 2.56. The summed E-state index contributed by atoms with van der Waals surface area (Å²) in [6.07, 6.45) is 3.63. The van der Waals surface area contributed by atoms with Crippen LogP contribution in [0.25, 0.3) is 0 Å². The number of morpholine rings is 1. The summed E-state index contributed by atoms with van der Waals surface area (Å²) >= 11 is 0. The minimum absolute atomic E-state index is 0.0204. The van der Waals surface area contributed by atoms with Crippen LogP contribution in [0, 0.1) is 0 Å². The van der Waals surface area contributed by atoms with E-state index in [1.165, 1.54) is 4.90 Å². The lowest BCUT2D eigenvalue weighted by molar-refractivity contribution is -0.148. The highest BCUT2D eigenvalue weighted by molar-refractivity contribution is 6.11. The van der Waals surface area contributed by atoms with Gasteiger partial charge >= 0.3 is 0 Å². The standard InChI is InChI=1S/C24H32N2O5/c1-16-14-25(15-17(2)31-16)21(27)12-24(18-7-6-10-20(11-18)30-3)13-22(28)26(23(24)29)19-8-4-5-9-19/h6-7,10-11,16-17,19H,4-5,8-9,12-15H2,1-3H3/t16-,17+,24?. The third-order valence-electron chi connectivity index (χ3n) is 6.89. The monoisotopic (exact) mass is 428 g/mol. The highest BCUT2D eigenvalue weighted by atomic mass is 16.5. The molecule has 0 bridgehead atoms. The first-order valence-corrected chi connectivity index (χ1v) is 11.3. The predicted molar refractivity (Wildman–Crippen MR) is 115 cm³/mol. The van der Waals surface area contributed by atoms with Crippen molar-refractivity contribution in [1.29, 1.82) is 0 Å². The average Bonchev–Trinajstić information content (AvgIpc) is 3.34.